The first-order chi connectivity index (χ1) is 9.06. The summed E-state index contributed by atoms with van der Waals surface area (Å²) in [6.45, 7) is 3.60. The van der Waals surface area contributed by atoms with Crippen molar-refractivity contribution >= 4 is 27.7 Å². The van der Waals surface area contributed by atoms with E-state index in [1.807, 2.05) is 12.1 Å². The van der Waals surface area contributed by atoms with Gasteiger partial charge in [-0.25, -0.2) is 0 Å². The van der Waals surface area contributed by atoms with Gasteiger partial charge in [0.25, 0.3) is 5.91 Å². The van der Waals surface area contributed by atoms with Gasteiger partial charge in [-0.2, -0.15) is 0 Å². The summed E-state index contributed by atoms with van der Waals surface area (Å²) >= 11 is 3.39. The molecule has 2 amide bonds. The molecule has 1 aromatic carbocycles. The number of hydrogen-bond donors (Lipinski definition) is 2. The van der Waals surface area contributed by atoms with Gasteiger partial charge in [-0.15, -0.1) is 0 Å². The second kappa shape index (κ2) is 7.78. The second-order valence-electron chi connectivity index (χ2n) is 3.86. The predicted molar refractivity (Wildman–Crippen MR) is 75.6 cm³/mol. The van der Waals surface area contributed by atoms with E-state index in [0.717, 1.165) is 10.9 Å². The van der Waals surface area contributed by atoms with Crippen molar-refractivity contribution in [2.24, 2.45) is 0 Å². The zero-order valence-corrected chi connectivity index (χ0v) is 12.5. The number of carbonyl (C=O) groups excluding carboxylic acids is 2. The molecule has 2 N–H and O–H groups in total. The fourth-order valence-corrected chi connectivity index (χ4v) is 1.83. The van der Waals surface area contributed by atoms with Crippen LogP contribution in [0.4, 0.5) is 0 Å². The Labute approximate surface area is 120 Å². The number of halogens is 1. The van der Waals surface area contributed by atoms with Crippen LogP contribution in [0.1, 0.15) is 25.8 Å². The van der Waals surface area contributed by atoms with Crippen molar-refractivity contribution in [1.82, 2.24) is 10.9 Å². The van der Waals surface area contributed by atoms with Crippen molar-refractivity contribution in [3.63, 3.8) is 0 Å². The molecule has 0 fully saturated rings. The van der Waals surface area contributed by atoms with Crippen LogP contribution >= 0.6 is 15.9 Å². The highest BCUT2D eigenvalue weighted by Gasteiger charge is 2.06. The first-order valence-corrected chi connectivity index (χ1v) is 6.85. The summed E-state index contributed by atoms with van der Waals surface area (Å²) in [4.78, 5) is 22.3. The van der Waals surface area contributed by atoms with Crippen LogP contribution in [0.15, 0.2) is 22.7 Å². The Balaban J connectivity index is 2.44. The van der Waals surface area contributed by atoms with Gasteiger partial charge in [0.15, 0.2) is 6.61 Å². The van der Waals surface area contributed by atoms with Crippen LogP contribution in [0, 0.1) is 0 Å². The van der Waals surface area contributed by atoms with E-state index in [1.165, 1.54) is 5.56 Å². The molecule has 0 saturated heterocycles. The Morgan fingerprint density at radius 3 is 2.47 bits per heavy atom. The maximum absolute atomic E-state index is 11.4. The van der Waals surface area contributed by atoms with Gasteiger partial charge in [0.2, 0.25) is 5.91 Å². The Hall–Kier alpha value is -1.56. The molecule has 1 aromatic rings. The zero-order valence-electron chi connectivity index (χ0n) is 11.0. The number of nitrogens with one attached hydrogen (secondary N) is 2. The molecule has 1 rings (SSSR count). The molecule has 0 atom stereocenters. The smallest absolute Gasteiger partial charge is 0.276 e. The van der Waals surface area contributed by atoms with Crippen molar-refractivity contribution in [2.45, 2.75) is 26.7 Å². The van der Waals surface area contributed by atoms with Crippen LogP contribution in [-0.2, 0) is 16.0 Å². The van der Waals surface area contributed by atoms with Crippen LogP contribution in [0.5, 0.6) is 5.75 Å². The third-order valence-electron chi connectivity index (χ3n) is 2.43. The van der Waals surface area contributed by atoms with Gasteiger partial charge < -0.3 is 4.74 Å². The summed E-state index contributed by atoms with van der Waals surface area (Å²) in [7, 11) is 0. The fourth-order valence-electron chi connectivity index (χ4n) is 1.29. The molecular formula is C13H17BrN2O3. The van der Waals surface area contributed by atoms with E-state index < -0.39 is 5.91 Å². The normalized spacial score (nSPS) is 9.84. The van der Waals surface area contributed by atoms with Gasteiger partial charge in [0, 0.05) is 6.42 Å². The highest BCUT2D eigenvalue weighted by molar-refractivity contribution is 9.10. The van der Waals surface area contributed by atoms with Gasteiger partial charge in [0.1, 0.15) is 5.75 Å². The molecule has 0 radical (unpaired) electrons. The molecule has 0 aliphatic carbocycles. The predicted octanol–water partition coefficient (Wildman–Crippen LogP) is 1.95. The molecule has 5 nitrogen and oxygen atoms in total. The minimum absolute atomic E-state index is 0.159. The average Bonchev–Trinajstić information content (AvgIpc) is 2.43. The molecule has 0 spiro atoms. The van der Waals surface area contributed by atoms with Crippen molar-refractivity contribution in [1.29, 1.82) is 0 Å². The van der Waals surface area contributed by atoms with Crippen LogP contribution in [0.3, 0.4) is 0 Å². The zero-order chi connectivity index (χ0) is 14.3. The Morgan fingerprint density at radius 1 is 1.21 bits per heavy atom. The topological polar surface area (TPSA) is 67.4 Å². The van der Waals surface area contributed by atoms with Gasteiger partial charge in [-0.3, -0.25) is 20.4 Å². The first kappa shape index (κ1) is 15.5. The van der Waals surface area contributed by atoms with Gasteiger partial charge in [-0.1, -0.05) is 19.9 Å². The van der Waals surface area contributed by atoms with Crippen LogP contribution < -0.4 is 15.6 Å². The molecule has 19 heavy (non-hydrogen) atoms. The Bertz CT molecular complexity index is 463. The maximum atomic E-state index is 11.4. The minimum atomic E-state index is -0.409. The summed E-state index contributed by atoms with van der Waals surface area (Å²) in [5.41, 5.74) is 5.72. The number of ether oxygens (including phenoxy) is 1. The van der Waals surface area contributed by atoms with Crippen LogP contribution in [0.2, 0.25) is 0 Å². The second-order valence-corrected chi connectivity index (χ2v) is 4.71. The maximum Gasteiger partial charge on any atom is 0.276 e. The van der Waals surface area contributed by atoms with E-state index in [1.54, 1.807) is 13.0 Å². The molecule has 0 unspecified atom stereocenters. The molecule has 0 saturated carbocycles. The molecule has 0 aromatic heterocycles. The van der Waals surface area contributed by atoms with E-state index in [9.17, 15) is 9.59 Å². The summed E-state index contributed by atoms with van der Waals surface area (Å²) in [6, 6.07) is 5.70. The highest BCUT2D eigenvalue weighted by Crippen LogP contribution is 2.26. The van der Waals surface area contributed by atoms with Crippen molar-refractivity contribution in [3.8, 4) is 5.75 Å². The quantitative estimate of drug-likeness (QED) is 0.812. The number of amides is 2. The average molecular weight is 329 g/mol. The monoisotopic (exact) mass is 328 g/mol. The third-order valence-corrected chi connectivity index (χ3v) is 3.05. The largest absolute Gasteiger partial charge is 0.483 e. The Morgan fingerprint density at radius 2 is 1.89 bits per heavy atom. The summed E-state index contributed by atoms with van der Waals surface area (Å²) in [5, 5.41) is 0. The van der Waals surface area contributed by atoms with Gasteiger partial charge >= 0.3 is 0 Å². The van der Waals surface area contributed by atoms with Gasteiger partial charge in [-0.05, 0) is 40.0 Å². The number of rotatable bonds is 5. The summed E-state index contributed by atoms with van der Waals surface area (Å²) < 4.78 is 6.16. The van der Waals surface area contributed by atoms with E-state index in [0.29, 0.717) is 12.2 Å². The van der Waals surface area contributed by atoms with Gasteiger partial charge in [0.05, 0.1) is 4.47 Å². The highest BCUT2D eigenvalue weighted by atomic mass is 79.9. The molecule has 0 aliphatic heterocycles. The van der Waals surface area contributed by atoms with Crippen molar-refractivity contribution < 1.29 is 14.3 Å². The standard InChI is InChI=1S/C13H17BrN2O3/c1-3-9-5-6-11(10(14)7-9)19-8-13(18)16-15-12(17)4-2/h5-7H,3-4,8H2,1-2H3,(H,15,17)(H,16,18). The minimum Gasteiger partial charge on any atom is -0.483 e. The number of hydrogen-bond acceptors (Lipinski definition) is 3. The van der Waals surface area contributed by atoms with E-state index in [-0.39, 0.29) is 12.5 Å². The number of benzene rings is 1. The lowest BCUT2D eigenvalue weighted by Gasteiger charge is -2.10. The molecule has 104 valence electrons. The van der Waals surface area contributed by atoms with E-state index in [2.05, 4.69) is 33.7 Å². The SMILES string of the molecule is CCC(=O)NNC(=O)COc1ccc(CC)cc1Br. The lowest BCUT2D eigenvalue weighted by molar-refractivity contribution is -0.129. The van der Waals surface area contributed by atoms with Crippen LogP contribution in [0.25, 0.3) is 0 Å². The van der Waals surface area contributed by atoms with Crippen molar-refractivity contribution in [3.05, 3.63) is 28.2 Å². The van der Waals surface area contributed by atoms with E-state index in [4.69, 9.17) is 4.74 Å². The first-order valence-electron chi connectivity index (χ1n) is 6.05. The number of carbonyl (C=O) groups is 2. The lowest BCUT2D eigenvalue weighted by Crippen LogP contribution is -2.43. The van der Waals surface area contributed by atoms with Crippen molar-refractivity contribution in [2.75, 3.05) is 6.61 Å². The molecular weight excluding hydrogens is 312 g/mol. The number of aryl methyl sites for hydroxylation is 1. The van der Waals surface area contributed by atoms with Crippen LogP contribution in [-0.4, -0.2) is 18.4 Å². The summed E-state index contributed by atoms with van der Waals surface area (Å²) in [6.07, 6.45) is 1.24. The third kappa shape index (κ3) is 5.30. The van der Waals surface area contributed by atoms with E-state index >= 15 is 0 Å². The molecule has 6 heteroatoms. The lowest BCUT2D eigenvalue weighted by atomic mass is 10.2. The molecule has 0 aliphatic rings. The Kier molecular flexibility index (Phi) is 6.35. The molecule has 0 heterocycles. The summed E-state index contributed by atoms with van der Waals surface area (Å²) in [5.74, 6) is -0.0655. The molecule has 0 bridgehead atoms. The fraction of sp³-hybridized carbons (Fsp3) is 0.385. The number of hydrazine groups is 1.